The molecule has 1 aromatic carbocycles. The Bertz CT molecular complexity index is 577. The molecule has 124 valence electrons. The van der Waals surface area contributed by atoms with Gasteiger partial charge < -0.3 is 14.8 Å². The number of hydrogen-bond acceptors (Lipinski definition) is 5. The molecule has 1 aliphatic rings. The van der Waals surface area contributed by atoms with Gasteiger partial charge in [0, 0.05) is 31.8 Å². The number of benzene rings is 1. The number of nitrogens with one attached hydrogen (secondary N) is 1. The summed E-state index contributed by atoms with van der Waals surface area (Å²) in [7, 11) is -1.76. The van der Waals surface area contributed by atoms with Crippen LogP contribution in [0, 0.1) is 0 Å². The molecule has 0 bridgehead atoms. The molecule has 1 aliphatic heterocycles. The van der Waals surface area contributed by atoms with Crippen molar-refractivity contribution in [3.63, 3.8) is 0 Å². The van der Waals surface area contributed by atoms with Gasteiger partial charge in [0.05, 0.1) is 25.5 Å². The molecule has 1 unspecified atom stereocenters. The molecule has 1 saturated heterocycles. The molecule has 1 atom stereocenters. The molecule has 0 spiro atoms. The number of piperazine rings is 1. The lowest BCUT2D eigenvalue weighted by Gasteiger charge is -2.36. The lowest BCUT2D eigenvalue weighted by atomic mass is 10.0. The Kier molecular flexibility index (Phi) is 6.19. The van der Waals surface area contributed by atoms with Gasteiger partial charge in [-0.1, -0.05) is 18.2 Å². The third-order valence-electron chi connectivity index (χ3n) is 3.74. The summed E-state index contributed by atoms with van der Waals surface area (Å²) in [6.45, 7) is 4.29. The number of ether oxygens (including phenoxy) is 2. The molecular formula is C15H24N2O4S. The van der Waals surface area contributed by atoms with E-state index in [2.05, 4.69) is 5.32 Å². The maximum atomic E-state index is 12.6. The van der Waals surface area contributed by atoms with Crippen LogP contribution in [0.4, 0.5) is 0 Å². The average molecular weight is 328 g/mol. The summed E-state index contributed by atoms with van der Waals surface area (Å²) in [5.41, 5.74) is 0.886. The van der Waals surface area contributed by atoms with E-state index in [1.54, 1.807) is 11.4 Å². The highest BCUT2D eigenvalue weighted by Gasteiger charge is 2.34. The van der Waals surface area contributed by atoms with Gasteiger partial charge in [0.1, 0.15) is 5.75 Å². The van der Waals surface area contributed by atoms with Crippen LogP contribution in [0.25, 0.3) is 0 Å². The van der Waals surface area contributed by atoms with Crippen molar-refractivity contribution in [3.8, 4) is 5.75 Å². The third-order valence-corrected chi connectivity index (χ3v) is 5.57. The van der Waals surface area contributed by atoms with Crippen molar-refractivity contribution in [1.29, 1.82) is 0 Å². The number of hydrogen-bond donors (Lipinski definition) is 1. The number of methoxy groups -OCH3 is 1. The molecule has 2 rings (SSSR count). The predicted octanol–water partition coefficient (Wildman–Crippen LogP) is 1.01. The van der Waals surface area contributed by atoms with E-state index >= 15 is 0 Å². The first-order chi connectivity index (χ1) is 10.6. The molecule has 1 fully saturated rings. The summed E-state index contributed by atoms with van der Waals surface area (Å²) in [6.07, 6.45) is 0. The molecule has 1 heterocycles. The van der Waals surface area contributed by atoms with E-state index in [-0.39, 0.29) is 18.4 Å². The van der Waals surface area contributed by atoms with Gasteiger partial charge >= 0.3 is 0 Å². The van der Waals surface area contributed by atoms with E-state index in [1.807, 2.05) is 31.2 Å². The molecule has 22 heavy (non-hydrogen) atoms. The standard InChI is InChI=1S/C15H24N2O4S/c1-3-21-10-11-22(18,19)17-9-8-16-12-14(17)13-6-4-5-7-15(13)20-2/h4-7,14,16H,3,8-12H2,1-2H3. The highest BCUT2D eigenvalue weighted by atomic mass is 32.2. The Morgan fingerprint density at radius 1 is 1.36 bits per heavy atom. The first-order valence-corrected chi connectivity index (χ1v) is 9.12. The summed E-state index contributed by atoms with van der Waals surface area (Å²) in [6, 6.07) is 7.30. The first-order valence-electron chi connectivity index (χ1n) is 7.51. The number of nitrogens with zero attached hydrogens (tertiary/aromatic N) is 1. The van der Waals surface area contributed by atoms with Crippen molar-refractivity contribution in [2.24, 2.45) is 0 Å². The zero-order valence-corrected chi connectivity index (χ0v) is 13.9. The molecule has 1 aromatic rings. The van der Waals surface area contributed by atoms with Gasteiger partial charge in [-0.2, -0.15) is 4.31 Å². The van der Waals surface area contributed by atoms with Gasteiger partial charge in [-0.05, 0) is 13.0 Å². The van der Waals surface area contributed by atoms with Gasteiger partial charge in [-0.3, -0.25) is 0 Å². The SMILES string of the molecule is CCOCCS(=O)(=O)N1CCNCC1c1ccccc1OC. The normalized spacial score (nSPS) is 20.0. The molecule has 0 radical (unpaired) electrons. The van der Waals surface area contributed by atoms with Crippen molar-refractivity contribution in [2.45, 2.75) is 13.0 Å². The van der Waals surface area contributed by atoms with Crippen LogP contribution < -0.4 is 10.1 Å². The monoisotopic (exact) mass is 328 g/mol. The Balaban J connectivity index is 2.24. The summed E-state index contributed by atoms with van der Waals surface area (Å²) >= 11 is 0. The van der Waals surface area contributed by atoms with Crippen LogP contribution in [0.15, 0.2) is 24.3 Å². The largest absolute Gasteiger partial charge is 0.496 e. The minimum Gasteiger partial charge on any atom is -0.496 e. The smallest absolute Gasteiger partial charge is 0.217 e. The lowest BCUT2D eigenvalue weighted by molar-refractivity contribution is 0.161. The maximum absolute atomic E-state index is 12.6. The van der Waals surface area contributed by atoms with E-state index in [1.165, 1.54) is 0 Å². The van der Waals surface area contributed by atoms with E-state index in [0.717, 1.165) is 5.56 Å². The second-order valence-corrected chi connectivity index (χ2v) is 7.13. The van der Waals surface area contributed by atoms with Crippen LogP contribution in [0.1, 0.15) is 18.5 Å². The molecule has 0 aliphatic carbocycles. The van der Waals surface area contributed by atoms with Crippen molar-refractivity contribution in [1.82, 2.24) is 9.62 Å². The molecule has 0 aromatic heterocycles. The predicted molar refractivity (Wildman–Crippen MR) is 85.6 cm³/mol. The quantitative estimate of drug-likeness (QED) is 0.757. The van der Waals surface area contributed by atoms with E-state index in [4.69, 9.17) is 9.47 Å². The second kappa shape index (κ2) is 7.92. The summed E-state index contributed by atoms with van der Waals surface area (Å²) in [5, 5.41) is 3.26. The van der Waals surface area contributed by atoms with Crippen LogP contribution in [0.3, 0.4) is 0 Å². The van der Waals surface area contributed by atoms with Crippen LogP contribution in [-0.2, 0) is 14.8 Å². The van der Waals surface area contributed by atoms with Gasteiger partial charge in [0.15, 0.2) is 0 Å². The van der Waals surface area contributed by atoms with E-state index in [9.17, 15) is 8.42 Å². The van der Waals surface area contributed by atoms with Gasteiger partial charge in [0.25, 0.3) is 0 Å². The molecule has 6 nitrogen and oxygen atoms in total. The molecular weight excluding hydrogens is 304 g/mol. The second-order valence-electron chi connectivity index (χ2n) is 5.09. The van der Waals surface area contributed by atoms with Crippen molar-refractivity contribution in [3.05, 3.63) is 29.8 Å². The minimum atomic E-state index is -3.37. The average Bonchev–Trinajstić information content (AvgIpc) is 2.55. The van der Waals surface area contributed by atoms with Crippen molar-refractivity contribution < 1.29 is 17.9 Å². The van der Waals surface area contributed by atoms with Crippen LogP contribution in [0.5, 0.6) is 5.75 Å². The number of sulfonamides is 1. The van der Waals surface area contributed by atoms with Gasteiger partial charge in [-0.25, -0.2) is 8.42 Å². The number of para-hydroxylation sites is 1. The van der Waals surface area contributed by atoms with Crippen LogP contribution in [-0.4, -0.2) is 58.4 Å². The van der Waals surface area contributed by atoms with Crippen LogP contribution >= 0.6 is 0 Å². The fraction of sp³-hybridized carbons (Fsp3) is 0.600. The summed E-state index contributed by atoms with van der Waals surface area (Å²) < 4.78 is 37.4. The van der Waals surface area contributed by atoms with Crippen LogP contribution in [0.2, 0.25) is 0 Å². The Labute approximate surface area is 132 Å². The third kappa shape index (κ3) is 3.98. The van der Waals surface area contributed by atoms with Crippen molar-refractivity contribution >= 4 is 10.0 Å². The minimum absolute atomic E-state index is 0.00644. The molecule has 1 N–H and O–H groups in total. The topological polar surface area (TPSA) is 67.9 Å². The Morgan fingerprint density at radius 3 is 2.86 bits per heavy atom. The van der Waals surface area contributed by atoms with E-state index in [0.29, 0.717) is 32.0 Å². The molecule has 0 saturated carbocycles. The Hall–Kier alpha value is -1.15. The summed E-state index contributed by atoms with van der Waals surface area (Å²) in [5.74, 6) is 0.716. The highest BCUT2D eigenvalue weighted by Crippen LogP contribution is 2.31. The Morgan fingerprint density at radius 2 is 2.14 bits per heavy atom. The molecule has 7 heteroatoms. The van der Waals surface area contributed by atoms with Gasteiger partial charge in [0.2, 0.25) is 10.0 Å². The van der Waals surface area contributed by atoms with Crippen molar-refractivity contribution in [2.75, 3.05) is 45.7 Å². The summed E-state index contributed by atoms with van der Waals surface area (Å²) in [4.78, 5) is 0. The lowest BCUT2D eigenvalue weighted by Crippen LogP contribution is -2.49. The van der Waals surface area contributed by atoms with Gasteiger partial charge in [-0.15, -0.1) is 0 Å². The zero-order chi connectivity index (χ0) is 16.0. The fourth-order valence-corrected chi connectivity index (χ4v) is 4.16. The molecule has 0 amide bonds. The maximum Gasteiger partial charge on any atom is 0.217 e. The van der Waals surface area contributed by atoms with E-state index < -0.39 is 10.0 Å². The highest BCUT2D eigenvalue weighted by molar-refractivity contribution is 7.89. The first kappa shape index (κ1) is 17.2. The zero-order valence-electron chi connectivity index (χ0n) is 13.1. The number of rotatable bonds is 7. The fourth-order valence-electron chi connectivity index (χ4n) is 2.65.